The largest absolute Gasteiger partial charge is 0.493 e. The molecule has 1 aromatic heterocycles. The second-order valence-corrected chi connectivity index (χ2v) is 8.69. The first kappa shape index (κ1) is 17.6. The summed E-state index contributed by atoms with van der Waals surface area (Å²) in [5.74, 6) is 1.15. The number of carbonyl (C=O) groups excluding carboxylic acids is 1. The minimum absolute atomic E-state index is 0.00324. The Morgan fingerprint density at radius 2 is 2.04 bits per heavy atom. The molecular formula is C21H20BrNO2S. The van der Waals surface area contributed by atoms with Gasteiger partial charge in [-0.2, -0.15) is 0 Å². The van der Waals surface area contributed by atoms with E-state index in [-0.39, 0.29) is 17.9 Å². The number of thiophene rings is 1. The number of carbonyl (C=O) groups is 1. The Bertz CT molecular complexity index is 979. The summed E-state index contributed by atoms with van der Waals surface area (Å²) < 4.78 is 7.88. The lowest BCUT2D eigenvalue weighted by Gasteiger charge is -2.26. The van der Waals surface area contributed by atoms with Crippen LogP contribution in [0.2, 0.25) is 0 Å². The Balaban J connectivity index is 1.72. The standard InChI is InChI=1S/C21H20BrNO2S/c1-12(2)18-14-7-5-8-15(22)19(14)26-20(18)21(24)23-16-10-11-25-17-9-4-3-6-13(16)17/h3-9,12,16H,10-11H2,1-2H3,(H,23,24). The van der Waals surface area contributed by atoms with Crippen LogP contribution in [-0.4, -0.2) is 12.5 Å². The number of ether oxygens (including phenoxy) is 1. The molecule has 2 heterocycles. The van der Waals surface area contributed by atoms with Gasteiger partial charge in [0.2, 0.25) is 0 Å². The molecule has 1 amide bonds. The molecular weight excluding hydrogens is 410 g/mol. The average molecular weight is 430 g/mol. The molecule has 134 valence electrons. The fourth-order valence-corrected chi connectivity index (χ4v) is 5.44. The molecule has 1 unspecified atom stereocenters. The SMILES string of the molecule is CC(C)c1c(C(=O)NC2CCOc3ccccc32)sc2c(Br)cccc12. The average Bonchev–Trinajstić information content (AvgIpc) is 3.03. The summed E-state index contributed by atoms with van der Waals surface area (Å²) in [6.45, 7) is 4.91. The van der Waals surface area contributed by atoms with Gasteiger partial charge in [-0.3, -0.25) is 4.79 Å². The maximum atomic E-state index is 13.2. The van der Waals surface area contributed by atoms with E-state index in [9.17, 15) is 4.79 Å². The van der Waals surface area contributed by atoms with Crippen LogP contribution >= 0.6 is 27.3 Å². The summed E-state index contributed by atoms with van der Waals surface area (Å²) in [5.41, 5.74) is 2.18. The third-order valence-corrected chi connectivity index (χ3v) is 6.93. The van der Waals surface area contributed by atoms with Crippen LogP contribution < -0.4 is 10.1 Å². The van der Waals surface area contributed by atoms with Gasteiger partial charge in [0.15, 0.2) is 0 Å². The highest BCUT2D eigenvalue weighted by Gasteiger charge is 2.26. The Morgan fingerprint density at radius 3 is 2.85 bits per heavy atom. The van der Waals surface area contributed by atoms with E-state index in [1.807, 2.05) is 36.4 Å². The van der Waals surface area contributed by atoms with Gasteiger partial charge in [0.25, 0.3) is 5.91 Å². The second kappa shape index (κ2) is 7.05. The zero-order valence-electron chi connectivity index (χ0n) is 14.7. The lowest BCUT2D eigenvalue weighted by molar-refractivity contribution is 0.0928. The summed E-state index contributed by atoms with van der Waals surface area (Å²) in [7, 11) is 0. The van der Waals surface area contributed by atoms with E-state index in [2.05, 4.69) is 41.2 Å². The van der Waals surface area contributed by atoms with Crippen molar-refractivity contribution in [3.05, 3.63) is 62.9 Å². The summed E-state index contributed by atoms with van der Waals surface area (Å²) in [6.07, 6.45) is 0.786. The predicted molar refractivity (Wildman–Crippen MR) is 110 cm³/mol. The minimum Gasteiger partial charge on any atom is -0.493 e. The highest BCUT2D eigenvalue weighted by Crippen LogP contribution is 2.40. The number of rotatable bonds is 3. The van der Waals surface area contributed by atoms with Crippen LogP contribution in [-0.2, 0) is 0 Å². The van der Waals surface area contributed by atoms with Crippen LogP contribution in [0, 0.1) is 0 Å². The third-order valence-electron chi connectivity index (χ3n) is 4.75. The number of hydrogen-bond donors (Lipinski definition) is 1. The first-order chi connectivity index (χ1) is 12.6. The molecule has 1 aliphatic heterocycles. The molecule has 5 heteroatoms. The van der Waals surface area contributed by atoms with Gasteiger partial charge in [0.05, 0.1) is 17.5 Å². The summed E-state index contributed by atoms with van der Waals surface area (Å²) in [4.78, 5) is 14.0. The van der Waals surface area contributed by atoms with Gasteiger partial charge in [-0.05, 0) is 44.9 Å². The Labute approximate surface area is 165 Å². The maximum absolute atomic E-state index is 13.2. The number of fused-ring (bicyclic) bond motifs is 2. The summed E-state index contributed by atoms with van der Waals surface area (Å²) >= 11 is 5.19. The van der Waals surface area contributed by atoms with Crippen molar-refractivity contribution in [1.29, 1.82) is 0 Å². The first-order valence-electron chi connectivity index (χ1n) is 8.79. The smallest absolute Gasteiger partial charge is 0.262 e. The van der Waals surface area contributed by atoms with E-state index in [1.54, 1.807) is 11.3 Å². The van der Waals surface area contributed by atoms with Crippen molar-refractivity contribution in [2.45, 2.75) is 32.2 Å². The predicted octanol–water partition coefficient (Wildman–Crippen LogP) is 6.04. The fraction of sp³-hybridized carbons (Fsp3) is 0.286. The fourth-order valence-electron chi connectivity index (χ4n) is 3.56. The van der Waals surface area contributed by atoms with E-state index in [0.29, 0.717) is 6.61 Å². The minimum atomic E-state index is -0.0129. The molecule has 3 nitrogen and oxygen atoms in total. The van der Waals surface area contributed by atoms with Crippen molar-refractivity contribution in [2.24, 2.45) is 0 Å². The summed E-state index contributed by atoms with van der Waals surface area (Å²) in [5, 5.41) is 4.41. The number of benzene rings is 2. The van der Waals surface area contributed by atoms with Gasteiger partial charge in [-0.15, -0.1) is 11.3 Å². The van der Waals surface area contributed by atoms with E-state index in [0.717, 1.165) is 42.7 Å². The summed E-state index contributed by atoms with van der Waals surface area (Å²) in [6, 6.07) is 14.1. The first-order valence-corrected chi connectivity index (χ1v) is 10.4. The lowest BCUT2D eigenvalue weighted by Crippen LogP contribution is -2.32. The van der Waals surface area contributed by atoms with Crippen LogP contribution in [0.4, 0.5) is 0 Å². The highest BCUT2D eigenvalue weighted by atomic mass is 79.9. The van der Waals surface area contributed by atoms with Crippen molar-refractivity contribution >= 4 is 43.3 Å². The number of halogens is 1. The topological polar surface area (TPSA) is 38.3 Å². The molecule has 0 spiro atoms. The monoisotopic (exact) mass is 429 g/mol. The van der Waals surface area contributed by atoms with Crippen molar-refractivity contribution < 1.29 is 9.53 Å². The zero-order chi connectivity index (χ0) is 18.3. The van der Waals surface area contributed by atoms with Crippen molar-refractivity contribution in [2.75, 3.05) is 6.61 Å². The van der Waals surface area contributed by atoms with Gasteiger partial charge in [0.1, 0.15) is 5.75 Å². The quantitative estimate of drug-likeness (QED) is 0.550. The third kappa shape index (κ3) is 3.03. The molecule has 0 radical (unpaired) electrons. The Morgan fingerprint density at radius 1 is 1.23 bits per heavy atom. The molecule has 3 aromatic rings. The number of para-hydroxylation sites is 1. The van der Waals surface area contributed by atoms with Crippen LogP contribution in [0.3, 0.4) is 0 Å². The molecule has 26 heavy (non-hydrogen) atoms. The lowest BCUT2D eigenvalue weighted by atomic mass is 9.98. The molecule has 0 saturated carbocycles. The zero-order valence-corrected chi connectivity index (χ0v) is 17.1. The van der Waals surface area contributed by atoms with Gasteiger partial charge in [-0.25, -0.2) is 0 Å². The molecule has 0 saturated heterocycles. The number of amides is 1. The van der Waals surface area contributed by atoms with Crippen LogP contribution in [0.25, 0.3) is 10.1 Å². The van der Waals surface area contributed by atoms with Crippen LogP contribution in [0.1, 0.15) is 53.0 Å². The van der Waals surface area contributed by atoms with Gasteiger partial charge in [0, 0.05) is 21.2 Å². The molecule has 0 fully saturated rings. The van der Waals surface area contributed by atoms with Gasteiger partial charge in [-0.1, -0.05) is 44.2 Å². The van der Waals surface area contributed by atoms with E-state index >= 15 is 0 Å². The molecule has 0 bridgehead atoms. The maximum Gasteiger partial charge on any atom is 0.262 e. The van der Waals surface area contributed by atoms with E-state index in [1.165, 1.54) is 0 Å². The van der Waals surface area contributed by atoms with Crippen molar-refractivity contribution in [3.63, 3.8) is 0 Å². The van der Waals surface area contributed by atoms with Crippen LogP contribution in [0.5, 0.6) is 5.75 Å². The van der Waals surface area contributed by atoms with Crippen molar-refractivity contribution in [3.8, 4) is 5.75 Å². The molecule has 1 aliphatic rings. The van der Waals surface area contributed by atoms with Gasteiger partial charge < -0.3 is 10.1 Å². The normalized spacial score (nSPS) is 16.4. The molecule has 2 aromatic carbocycles. The highest BCUT2D eigenvalue weighted by molar-refractivity contribution is 9.10. The molecule has 0 aliphatic carbocycles. The van der Waals surface area contributed by atoms with Crippen molar-refractivity contribution in [1.82, 2.24) is 5.32 Å². The van der Waals surface area contributed by atoms with E-state index < -0.39 is 0 Å². The van der Waals surface area contributed by atoms with E-state index in [4.69, 9.17) is 4.74 Å². The molecule has 1 atom stereocenters. The van der Waals surface area contributed by atoms with Crippen LogP contribution in [0.15, 0.2) is 46.9 Å². The Hall–Kier alpha value is -1.85. The number of hydrogen-bond acceptors (Lipinski definition) is 3. The molecule has 1 N–H and O–H groups in total. The second-order valence-electron chi connectivity index (χ2n) is 6.82. The number of nitrogens with one attached hydrogen (secondary N) is 1. The molecule has 4 rings (SSSR count). The Kier molecular flexibility index (Phi) is 4.76. The van der Waals surface area contributed by atoms with Gasteiger partial charge >= 0.3 is 0 Å².